The van der Waals surface area contributed by atoms with E-state index in [0.29, 0.717) is 34.7 Å². The maximum atomic E-state index is 12.7. The SMILES string of the molecule is CN1CCn2nc(NS(=O)(=O)c3c[nH]c4cc(Cl)ccc34)cc2C1=O. The van der Waals surface area contributed by atoms with Gasteiger partial charge in [0.25, 0.3) is 15.9 Å². The summed E-state index contributed by atoms with van der Waals surface area (Å²) < 4.78 is 29.4. The van der Waals surface area contributed by atoms with Crippen LogP contribution in [-0.4, -0.2) is 47.6 Å². The molecule has 4 rings (SSSR count). The molecule has 0 atom stereocenters. The lowest BCUT2D eigenvalue weighted by Crippen LogP contribution is -2.37. The Morgan fingerprint density at radius 3 is 2.88 bits per heavy atom. The highest BCUT2D eigenvalue weighted by Gasteiger charge is 2.26. The van der Waals surface area contributed by atoms with Crippen molar-refractivity contribution in [3.8, 4) is 0 Å². The minimum atomic E-state index is -3.86. The van der Waals surface area contributed by atoms with Crippen LogP contribution < -0.4 is 4.72 Å². The Balaban J connectivity index is 1.70. The van der Waals surface area contributed by atoms with E-state index in [4.69, 9.17) is 11.6 Å². The molecular formula is C15H14ClN5O3S. The number of amides is 1. The third-order valence-electron chi connectivity index (χ3n) is 4.13. The van der Waals surface area contributed by atoms with E-state index in [1.807, 2.05) is 0 Å². The van der Waals surface area contributed by atoms with E-state index in [2.05, 4.69) is 14.8 Å². The minimum absolute atomic E-state index is 0.0913. The summed E-state index contributed by atoms with van der Waals surface area (Å²) in [5.74, 6) is -0.0760. The van der Waals surface area contributed by atoms with Gasteiger partial charge in [-0.25, -0.2) is 8.42 Å². The number of carbonyl (C=O) groups is 1. The van der Waals surface area contributed by atoms with E-state index >= 15 is 0 Å². The van der Waals surface area contributed by atoms with E-state index in [9.17, 15) is 13.2 Å². The van der Waals surface area contributed by atoms with Crippen LogP contribution in [0.1, 0.15) is 10.5 Å². The number of H-pyrrole nitrogens is 1. The van der Waals surface area contributed by atoms with Gasteiger partial charge in [0.2, 0.25) is 0 Å². The van der Waals surface area contributed by atoms with Gasteiger partial charge in [-0.15, -0.1) is 0 Å². The lowest BCUT2D eigenvalue weighted by molar-refractivity contribution is 0.0743. The molecule has 25 heavy (non-hydrogen) atoms. The molecule has 0 radical (unpaired) electrons. The Kier molecular flexibility index (Phi) is 3.51. The average molecular weight is 380 g/mol. The topological polar surface area (TPSA) is 100 Å². The number of halogens is 1. The first kappa shape index (κ1) is 16.0. The Bertz CT molecular complexity index is 1100. The van der Waals surface area contributed by atoms with Gasteiger partial charge in [-0.05, 0) is 18.2 Å². The monoisotopic (exact) mass is 379 g/mol. The summed E-state index contributed by atoms with van der Waals surface area (Å²) in [6.45, 7) is 1.05. The Morgan fingerprint density at radius 1 is 1.28 bits per heavy atom. The fraction of sp³-hybridized carbons (Fsp3) is 0.200. The summed E-state index contributed by atoms with van der Waals surface area (Å²) in [6.07, 6.45) is 1.40. The summed E-state index contributed by atoms with van der Waals surface area (Å²) in [5, 5.41) is 5.21. The van der Waals surface area contributed by atoms with Crippen molar-refractivity contribution in [3.63, 3.8) is 0 Å². The first-order chi connectivity index (χ1) is 11.8. The van der Waals surface area contributed by atoms with Crippen molar-refractivity contribution in [1.82, 2.24) is 19.7 Å². The number of rotatable bonds is 3. The number of anilines is 1. The predicted molar refractivity (Wildman–Crippen MR) is 93.3 cm³/mol. The molecule has 0 unspecified atom stereocenters. The standard InChI is InChI=1S/C15H14ClN5O3S/c1-20-4-5-21-12(15(20)22)7-14(18-21)19-25(23,24)13-8-17-11-6-9(16)2-3-10(11)13/h2-3,6-8,17H,4-5H2,1H3,(H,18,19). The van der Waals surface area contributed by atoms with Gasteiger partial charge in [0.15, 0.2) is 5.82 Å². The molecule has 0 fully saturated rings. The molecule has 0 aliphatic carbocycles. The molecule has 0 saturated heterocycles. The first-order valence-corrected chi connectivity index (χ1v) is 9.34. The number of likely N-dealkylation sites (N-methyl/N-ethyl adjacent to an activating group) is 1. The summed E-state index contributed by atoms with van der Waals surface area (Å²) >= 11 is 5.92. The van der Waals surface area contributed by atoms with Crippen LogP contribution in [0, 0.1) is 0 Å². The summed E-state index contributed by atoms with van der Waals surface area (Å²) in [6, 6.07) is 6.36. The molecule has 10 heteroatoms. The van der Waals surface area contributed by atoms with E-state index < -0.39 is 10.0 Å². The molecule has 0 bridgehead atoms. The van der Waals surface area contributed by atoms with Crippen molar-refractivity contribution >= 4 is 44.3 Å². The second-order valence-electron chi connectivity index (χ2n) is 5.81. The second-order valence-corrected chi connectivity index (χ2v) is 7.90. The van der Waals surface area contributed by atoms with Gasteiger partial charge >= 0.3 is 0 Å². The second kappa shape index (κ2) is 5.50. The third-order valence-corrected chi connectivity index (χ3v) is 5.76. The van der Waals surface area contributed by atoms with Crippen molar-refractivity contribution in [2.45, 2.75) is 11.4 Å². The Labute approximate surface area is 148 Å². The van der Waals surface area contributed by atoms with Crippen LogP contribution in [0.25, 0.3) is 10.9 Å². The van der Waals surface area contributed by atoms with Crippen LogP contribution in [0.3, 0.4) is 0 Å². The molecule has 1 aliphatic rings. The van der Waals surface area contributed by atoms with Crippen LogP contribution in [0.15, 0.2) is 35.4 Å². The van der Waals surface area contributed by atoms with Gasteiger partial charge in [-0.2, -0.15) is 5.10 Å². The molecule has 130 valence electrons. The fourth-order valence-electron chi connectivity index (χ4n) is 2.84. The highest BCUT2D eigenvalue weighted by Crippen LogP contribution is 2.27. The number of carbonyl (C=O) groups excluding carboxylic acids is 1. The van der Waals surface area contributed by atoms with Crippen molar-refractivity contribution < 1.29 is 13.2 Å². The fourth-order valence-corrected chi connectivity index (χ4v) is 4.18. The minimum Gasteiger partial charge on any atom is -0.360 e. The largest absolute Gasteiger partial charge is 0.360 e. The zero-order valence-electron chi connectivity index (χ0n) is 13.2. The molecule has 3 aromatic rings. The number of aromatic amines is 1. The molecule has 3 heterocycles. The van der Waals surface area contributed by atoms with Crippen molar-refractivity contribution in [2.24, 2.45) is 0 Å². The molecule has 2 N–H and O–H groups in total. The molecule has 1 aliphatic heterocycles. The number of sulfonamides is 1. The van der Waals surface area contributed by atoms with E-state index in [1.54, 1.807) is 30.1 Å². The predicted octanol–water partition coefficient (Wildman–Crippen LogP) is 1.90. The number of aromatic nitrogens is 3. The van der Waals surface area contributed by atoms with Gasteiger partial charge in [-0.1, -0.05) is 11.6 Å². The highest BCUT2D eigenvalue weighted by molar-refractivity contribution is 7.93. The number of hydrogen-bond donors (Lipinski definition) is 2. The van der Waals surface area contributed by atoms with Gasteiger partial charge in [0, 0.05) is 41.8 Å². The first-order valence-electron chi connectivity index (χ1n) is 7.48. The van der Waals surface area contributed by atoms with Gasteiger partial charge in [-0.3, -0.25) is 14.2 Å². The molecule has 0 spiro atoms. The number of hydrogen-bond acceptors (Lipinski definition) is 4. The highest BCUT2D eigenvalue weighted by atomic mass is 35.5. The zero-order valence-corrected chi connectivity index (χ0v) is 14.7. The maximum absolute atomic E-state index is 12.7. The normalized spacial score (nSPS) is 14.8. The van der Waals surface area contributed by atoms with Crippen LogP contribution in [0.2, 0.25) is 5.02 Å². The Morgan fingerprint density at radius 2 is 2.08 bits per heavy atom. The van der Waals surface area contributed by atoms with Gasteiger partial charge in [0.1, 0.15) is 10.6 Å². The molecular weight excluding hydrogens is 366 g/mol. The summed E-state index contributed by atoms with van der Waals surface area (Å²) in [7, 11) is -2.17. The number of nitrogens with zero attached hydrogens (tertiary/aromatic N) is 3. The summed E-state index contributed by atoms with van der Waals surface area (Å²) in [5.41, 5.74) is 0.978. The van der Waals surface area contributed by atoms with E-state index in [0.717, 1.165) is 0 Å². The van der Waals surface area contributed by atoms with Gasteiger partial charge in [0.05, 0.1) is 6.54 Å². The quantitative estimate of drug-likeness (QED) is 0.725. The van der Waals surface area contributed by atoms with Crippen molar-refractivity contribution in [3.05, 3.63) is 41.2 Å². The molecule has 2 aromatic heterocycles. The zero-order chi connectivity index (χ0) is 17.8. The molecule has 8 nitrogen and oxygen atoms in total. The van der Waals surface area contributed by atoms with Crippen LogP contribution in [0.4, 0.5) is 5.82 Å². The van der Waals surface area contributed by atoms with E-state index in [1.165, 1.54) is 16.9 Å². The molecule has 1 aromatic carbocycles. The number of nitrogens with one attached hydrogen (secondary N) is 2. The maximum Gasteiger partial charge on any atom is 0.272 e. The van der Waals surface area contributed by atoms with Crippen molar-refractivity contribution in [2.75, 3.05) is 18.3 Å². The smallest absolute Gasteiger partial charge is 0.272 e. The summed E-state index contributed by atoms with van der Waals surface area (Å²) in [4.78, 5) is 16.7. The van der Waals surface area contributed by atoms with Crippen molar-refractivity contribution in [1.29, 1.82) is 0 Å². The average Bonchev–Trinajstić information content (AvgIpc) is 3.14. The lowest BCUT2D eigenvalue weighted by atomic mass is 10.2. The third kappa shape index (κ3) is 2.65. The van der Waals surface area contributed by atoms with Crippen LogP contribution >= 0.6 is 11.6 Å². The number of fused-ring (bicyclic) bond motifs is 2. The molecule has 0 saturated carbocycles. The van der Waals surface area contributed by atoms with Crippen LogP contribution in [0.5, 0.6) is 0 Å². The van der Waals surface area contributed by atoms with Crippen LogP contribution in [-0.2, 0) is 16.6 Å². The van der Waals surface area contributed by atoms with E-state index in [-0.39, 0.29) is 16.6 Å². The Hall–Kier alpha value is -2.52. The molecule has 1 amide bonds. The van der Waals surface area contributed by atoms with Gasteiger partial charge < -0.3 is 9.88 Å². The number of benzene rings is 1. The lowest BCUT2D eigenvalue weighted by Gasteiger charge is -2.22.